The van der Waals surface area contributed by atoms with Crippen molar-refractivity contribution in [2.24, 2.45) is 0 Å². The maximum absolute atomic E-state index is 12.8. The zero-order valence-electron chi connectivity index (χ0n) is 20.1. The third kappa shape index (κ3) is 5.82. The maximum atomic E-state index is 12.8. The minimum absolute atomic E-state index is 0.151. The van der Waals surface area contributed by atoms with Gasteiger partial charge in [-0.1, -0.05) is 49.7 Å². The monoisotopic (exact) mass is 465 g/mol. The summed E-state index contributed by atoms with van der Waals surface area (Å²) in [5, 5.41) is 5.21. The van der Waals surface area contributed by atoms with Gasteiger partial charge in [0, 0.05) is 10.9 Å². The van der Waals surface area contributed by atoms with Gasteiger partial charge in [0.1, 0.15) is 16.3 Å². The Kier molecular flexibility index (Phi) is 7.92. The number of thiophene rings is 1. The Morgan fingerprint density at radius 2 is 1.70 bits per heavy atom. The normalized spacial score (nSPS) is 10.9. The predicted octanol–water partition coefficient (Wildman–Crippen LogP) is 6.66. The van der Waals surface area contributed by atoms with Crippen molar-refractivity contribution in [3.8, 4) is 16.9 Å². The van der Waals surface area contributed by atoms with Crippen LogP contribution >= 0.6 is 11.3 Å². The van der Waals surface area contributed by atoms with E-state index in [2.05, 4.69) is 25.2 Å². The maximum Gasteiger partial charge on any atom is 0.341 e. The van der Waals surface area contributed by atoms with Crippen molar-refractivity contribution in [2.75, 3.05) is 18.5 Å². The molecule has 0 aliphatic carbocycles. The molecule has 0 aliphatic rings. The van der Waals surface area contributed by atoms with E-state index >= 15 is 0 Å². The molecule has 1 N–H and O–H groups in total. The molecule has 2 aromatic carbocycles. The summed E-state index contributed by atoms with van der Waals surface area (Å²) in [5.41, 5.74) is 6.39. The Morgan fingerprint density at radius 1 is 1.00 bits per heavy atom. The number of benzene rings is 2. The molecular weight excluding hydrogens is 434 g/mol. The van der Waals surface area contributed by atoms with Gasteiger partial charge >= 0.3 is 5.97 Å². The molecule has 5 nitrogen and oxygen atoms in total. The summed E-state index contributed by atoms with van der Waals surface area (Å²) in [6, 6.07) is 12.1. The van der Waals surface area contributed by atoms with E-state index in [0.717, 1.165) is 33.4 Å². The van der Waals surface area contributed by atoms with Crippen LogP contribution in [0.3, 0.4) is 0 Å². The molecule has 6 heteroatoms. The molecule has 0 bridgehead atoms. The Morgan fingerprint density at radius 3 is 2.36 bits per heavy atom. The van der Waals surface area contributed by atoms with Gasteiger partial charge < -0.3 is 14.8 Å². The lowest BCUT2D eigenvalue weighted by atomic mass is 9.97. The zero-order valence-corrected chi connectivity index (χ0v) is 20.9. The molecule has 1 aromatic heterocycles. The highest BCUT2D eigenvalue weighted by Crippen LogP contribution is 2.38. The number of aryl methyl sites for hydroxylation is 3. The molecule has 0 saturated carbocycles. The van der Waals surface area contributed by atoms with E-state index in [1.54, 1.807) is 6.92 Å². The van der Waals surface area contributed by atoms with Crippen molar-refractivity contribution in [1.29, 1.82) is 0 Å². The second-order valence-electron chi connectivity index (χ2n) is 8.43. The Hall–Kier alpha value is -3.12. The van der Waals surface area contributed by atoms with E-state index in [9.17, 15) is 9.59 Å². The van der Waals surface area contributed by atoms with Crippen LogP contribution < -0.4 is 10.1 Å². The van der Waals surface area contributed by atoms with Crippen molar-refractivity contribution in [1.82, 2.24) is 0 Å². The van der Waals surface area contributed by atoms with Crippen LogP contribution in [0.2, 0.25) is 0 Å². The van der Waals surface area contributed by atoms with E-state index < -0.39 is 5.97 Å². The SMILES string of the molecule is CCOC(=O)c1c(-c2ccc(C)cc2C)csc1NC(=O)COc1cc(C)ccc1C(C)C. The molecule has 174 valence electrons. The second kappa shape index (κ2) is 10.7. The summed E-state index contributed by atoms with van der Waals surface area (Å²) in [6.45, 7) is 12.1. The molecule has 0 fully saturated rings. The highest BCUT2D eigenvalue weighted by molar-refractivity contribution is 7.15. The van der Waals surface area contributed by atoms with Gasteiger partial charge in [-0.3, -0.25) is 4.79 Å². The Balaban J connectivity index is 1.85. The molecule has 0 saturated heterocycles. The summed E-state index contributed by atoms with van der Waals surface area (Å²) in [6.07, 6.45) is 0. The molecule has 33 heavy (non-hydrogen) atoms. The van der Waals surface area contributed by atoms with Crippen LogP contribution in [0.15, 0.2) is 41.8 Å². The highest BCUT2D eigenvalue weighted by atomic mass is 32.1. The van der Waals surface area contributed by atoms with Gasteiger partial charge in [0.15, 0.2) is 6.61 Å². The first-order valence-electron chi connectivity index (χ1n) is 11.1. The molecule has 0 spiro atoms. The van der Waals surface area contributed by atoms with E-state index in [-0.39, 0.29) is 25.0 Å². The minimum Gasteiger partial charge on any atom is -0.483 e. The Labute approximate surface area is 199 Å². The van der Waals surface area contributed by atoms with Crippen LogP contribution in [0.5, 0.6) is 5.75 Å². The number of rotatable bonds is 8. The van der Waals surface area contributed by atoms with Gasteiger partial charge in [-0.05, 0) is 61.9 Å². The fourth-order valence-electron chi connectivity index (χ4n) is 3.72. The Bertz CT molecular complexity index is 1160. The van der Waals surface area contributed by atoms with Gasteiger partial charge in [0.05, 0.1) is 6.61 Å². The topological polar surface area (TPSA) is 64.6 Å². The first kappa shape index (κ1) is 24.5. The second-order valence-corrected chi connectivity index (χ2v) is 9.30. The number of amides is 1. The van der Waals surface area contributed by atoms with Crippen molar-refractivity contribution in [3.05, 3.63) is 69.6 Å². The molecule has 1 amide bonds. The van der Waals surface area contributed by atoms with Crippen LogP contribution in [-0.2, 0) is 9.53 Å². The predicted molar refractivity (Wildman–Crippen MR) is 135 cm³/mol. The third-order valence-corrected chi connectivity index (χ3v) is 6.24. The van der Waals surface area contributed by atoms with Crippen LogP contribution in [0.4, 0.5) is 5.00 Å². The van der Waals surface area contributed by atoms with Crippen LogP contribution in [-0.4, -0.2) is 25.1 Å². The van der Waals surface area contributed by atoms with Gasteiger partial charge in [-0.15, -0.1) is 11.3 Å². The lowest BCUT2D eigenvalue weighted by Gasteiger charge is -2.15. The van der Waals surface area contributed by atoms with E-state index in [0.29, 0.717) is 16.3 Å². The summed E-state index contributed by atoms with van der Waals surface area (Å²) in [7, 11) is 0. The number of hydrogen-bond donors (Lipinski definition) is 1. The lowest BCUT2D eigenvalue weighted by Crippen LogP contribution is -2.21. The quantitative estimate of drug-likeness (QED) is 0.378. The molecule has 0 unspecified atom stereocenters. The van der Waals surface area contributed by atoms with Crippen LogP contribution in [0.1, 0.15) is 59.3 Å². The van der Waals surface area contributed by atoms with Crippen molar-refractivity contribution < 1.29 is 19.1 Å². The molecule has 0 atom stereocenters. The van der Waals surface area contributed by atoms with Crippen molar-refractivity contribution >= 4 is 28.2 Å². The fraction of sp³-hybridized carbons (Fsp3) is 0.333. The number of anilines is 1. The number of esters is 1. The van der Waals surface area contributed by atoms with Gasteiger partial charge in [-0.2, -0.15) is 0 Å². The highest BCUT2D eigenvalue weighted by Gasteiger charge is 2.24. The molecule has 0 aliphatic heterocycles. The number of nitrogens with one attached hydrogen (secondary N) is 1. The molecular formula is C27H31NO4S. The van der Waals surface area contributed by atoms with Crippen LogP contribution in [0, 0.1) is 20.8 Å². The number of carbonyl (C=O) groups excluding carboxylic acids is 2. The minimum atomic E-state index is -0.453. The van der Waals surface area contributed by atoms with Gasteiger partial charge in [0.2, 0.25) is 0 Å². The smallest absolute Gasteiger partial charge is 0.341 e. The molecule has 3 rings (SSSR count). The third-order valence-electron chi connectivity index (χ3n) is 5.35. The van der Waals surface area contributed by atoms with E-state index in [1.807, 2.05) is 56.5 Å². The zero-order chi connectivity index (χ0) is 24.1. The van der Waals surface area contributed by atoms with E-state index in [4.69, 9.17) is 9.47 Å². The van der Waals surface area contributed by atoms with Crippen molar-refractivity contribution in [2.45, 2.75) is 47.5 Å². The van der Waals surface area contributed by atoms with Gasteiger partial charge in [-0.25, -0.2) is 4.79 Å². The first-order valence-corrected chi connectivity index (χ1v) is 12.0. The number of ether oxygens (including phenoxy) is 2. The molecule has 0 radical (unpaired) electrons. The molecule has 1 heterocycles. The van der Waals surface area contributed by atoms with E-state index in [1.165, 1.54) is 11.3 Å². The largest absolute Gasteiger partial charge is 0.483 e. The van der Waals surface area contributed by atoms with Gasteiger partial charge in [0.25, 0.3) is 5.91 Å². The number of carbonyl (C=O) groups is 2. The average Bonchev–Trinajstić information content (AvgIpc) is 3.15. The van der Waals surface area contributed by atoms with Crippen LogP contribution in [0.25, 0.3) is 11.1 Å². The lowest BCUT2D eigenvalue weighted by molar-refractivity contribution is -0.118. The fourth-order valence-corrected chi connectivity index (χ4v) is 4.68. The molecule has 3 aromatic rings. The number of hydrogen-bond acceptors (Lipinski definition) is 5. The van der Waals surface area contributed by atoms with Crippen molar-refractivity contribution in [3.63, 3.8) is 0 Å². The summed E-state index contributed by atoms with van der Waals surface area (Å²) in [4.78, 5) is 25.6. The summed E-state index contributed by atoms with van der Waals surface area (Å²) >= 11 is 1.31. The summed E-state index contributed by atoms with van der Waals surface area (Å²) < 4.78 is 11.2. The summed E-state index contributed by atoms with van der Waals surface area (Å²) in [5.74, 6) is 0.195. The standard InChI is InChI=1S/C27H31NO4S/c1-7-31-27(30)25-22(21-11-9-17(4)12-19(21)6)15-33-26(25)28-24(29)14-32-23-13-18(5)8-10-20(23)16(2)3/h8-13,15-16H,7,14H2,1-6H3,(H,28,29). The average molecular weight is 466 g/mol. The first-order chi connectivity index (χ1) is 15.7.